The van der Waals surface area contributed by atoms with Crippen molar-refractivity contribution in [3.63, 3.8) is 0 Å². The molecule has 0 fully saturated rings. The number of pyridine rings is 1. The first-order valence-electron chi connectivity index (χ1n) is 8.02. The molecule has 0 aliphatic rings. The van der Waals surface area contributed by atoms with Crippen LogP contribution in [-0.2, 0) is 13.0 Å². The van der Waals surface area contributed by atoms with Crippen molar-refractivity contribution in [1.82, 2.24) is 4.98 Å². The Hall–Kier alpha value is -2.99. The summed E-state index contributed by atoms with van der Waals surface area (Å²) < 4.78 is 5.51. The van der Waals surface area contributed by atoms with Gasteiger partial charge in [0.25, 0.3) is 5.91 Å². The highest BCUT2D eigenvalue weighted by atomic mass is 16.3. The molecule has 0 atom stereocenters. The summed E-state index contributed by atoms with van der Waals surface area (Å²) in [5.41, 5.74) is 3.15. The summed E-state index contributed by atoms with van der Waals surface area (Å²) in [4.78, 5) is 16.8. The van der Waals surface area contributed by atoms with Crippen molar-refractivity contribution >= 4 is 22.6 Å². The van der Waals surface area contributed by atoms with E-state index in [1.165, 1.54) is 0 Å². The number of benzene rings is 1. The number of hydrogen-bond acceptors (Lipinski definition) is 5. The van der Waals surface area contributed by atoms with Crippen LogP contribution in [0.2, 0.25) is 0 Å². The second-order valence-electron chi connectivity index (χ2n) is 5.72. The highest BCUT2D eigenvalue weighted by molar-refractivity contribution is 6.06. The Morgan fingerprint density at radius 1 is 1.32 bits per heavy atom. The third-order valence-corrected chi connectivity index (χ3v) is 4.13. The lowest BCUT2D eigenvalue weighted by Crippen LogP contribution is -2.21. The minimum absolute atomic E-state index is 0.110. The lowest BCUT2D eigenvalue weighted by Gasteiger charge is -2.11. The smallest absolute Gasteiger partial charge is 0.261 e. The minimum atomic E-state index is -0.421. The van der Waals surface area contributed by atoms with Gasteiger partial charge < -0.3 is 14.8 Å². The summed E-state index contributed by atoms with van der Waals surface area (Å²) in [6.07, 6.45) is 2.33. The van der Waals surface area contributed by atoms with Crippen LogP contribution in [0.15, 0.2) is 40.9 Å². The predicted octanol–water partition coefficient (Wildman–Crippen LogP) is 2.92. The van der Waals surface area contributed by atoms with E-state index in [9.17, 15) is 9.90 Å². The Labute approximate surface area is 144 Å². The van der Waals surface area contributed by atoms with Gasteiger partial charge in [0.1, 0.15) is 5.56 Å². The summed E-state index contributed by atoms with van der Waals surface area (Å²) in [5.74, 6) is -0.421. The molecule has 0 aliphatic heterocycles. The molecule has 0 saturated heterocycles. The normalized spacial score (nSPS) is 10.8. The first-order valence-corrected chi connectivity index (χ1v) is 8.02. The molecule has 3 aromatic rings. The molecule has 25 heavy (non-hydrogen) atoms. The van der Waals surface area contributed by atoms with Gasteiger partial charge in [-0.2, -0.15) is 0 Å². The molecule has 1 amide bonds. The number of aliphatic hydroxyl groups excluding tert-OH is 1. The SMILES string of the molecule is CCc1ccccc1NC(=O)c1cc2c(CO)cnc(C)c2oc1=N. The molecule has 0 aliphatic carbocycles. The summed E-state index contributed by atoms with van der Waals surface area (Å²) in [6.45, 7) is 3.54. The van der Waals surface area contributed by atoms with Gasteiger partial charge in [-0.05, 0) is 31.0 Å². The molecule has 0 spiro atoms. The number of anilines is 1. The molecule has 128 valence electrons. The van der Waals surface area contributed by atoms with Crippen molar-refractivity contribution in [3.8, 4) is 0 Å². The van der Waals surface area contributed by atoms with Crippen LogP contribution in [0.25, 0.3) is 11.0 Å². The molecule has 2 heterocycles. The van der Waals surface area contributed by atoms with E-state index in [-0.39, 0.29) is 17.7 Å². The van der Waals surface area contributed by atoms with Gasteiger partial charge in [0.15, 0.2) is 5.58 Å². The molecule has 6 nitrogen and oxygen atoms in total. The summed E-state index contributed by atoms with van der Waals surface area (Å²) in [7, 11) is 0. The average Bonchev–Trinajstić information content (AvgIpc) is 2.62. The third-order valence-electron chi connectivity index (χ3n) is 4.13. The van der Waals surface area contributed by atoms with E-state index in [1.54, 1.807) is 19.2 Å². The zero-order valence-corrected chi connectivity index (χ0v) is 14.1. The highest BCUT2D eigenvalue weighted by Crippen LogP contribution is 2.21. The maximum atomic E-state index is 12.7. The van der Waals surface area contributed by atoms with Gasteiger partial charge in [-0.15, -0.1) is 0 Å². The van der Waals surface area contributed by atoms with Crippen LogP contribution in [0.1, 0.15) is 34.1 Å². The number of aryl methyl sites for hydroxylation is 2. The summed E-state index contributed by atoms with van der Waals surface area (Å²) in [6, 6.07) is 9.11. The Kier molecular flexibility index (Phi) is 4.63. The largest absolute Gasteiger partial charge is 0.436 e. The fourth-order valence-corrected chi connectivity index (χ4v) is 2.73. The Bertz CT molecular complexity index is 1010. The number of rotatable bonds is 4. The van der Waals surface area contributed by atoms with Gasteiger partial charge in [-0.3, -0.25) is 15.2 Å². The zero-order chi connectivity index (χ0) is 18.0. The molecular weight excluding hydrogens is 318 g/mol. The number of hydrogen-bond donors (Lipinski definition) is 3. The maximum Gasteiger partial charge on any atom is 0.261 e. The first-order chi connectivity index (χ1) is 12.0. The number of aliphatic hydroxyl groups is 1. The van der Waals surface area contributed by atoms with Crippen molar-refractivity contribution in [2.45, 2.75) is 26.9 Å². The second-order valence-corrected chi connectivity index (χ2v) is 5.72. The molecule has 1 aromatic carbocycles. The van der Waals surface area contributed by atoms with Crippen molar-refractivity contribution in [2.24, 2.45) is 0 Å². The predicted molar refractivity (Wildman–Crippen MR) is 94.3 cm³/mol. The molecule has 3 rings (SSSR count). The van der Waals surface area contributed by atoms with E-state index in [0.717, 1.165) is 12.0 Å². The highest BCUT2D eigenvalue weighted by Gasteiger charge is 2.16. The van der Waals surface area contributed by atoms with Crippen molar-refractivity contribution in [2.75, 3.05) is 5.32 Å². The number of para-hydroxylation sites is 1. The van der Waals surface area contributed by atoms with Crippen molar-refractivity contribution < 1.29 is 14.3 Å². The van der Waals surface area contributed by atoms with Crippen molar-refractivity contribution in [3.05, 3.63) is 64.5 Å². The quantitative estimate of drug-likeness (QED) is 0.681. The Morgan fingerprint density at radius 2 is 2.08 bits per heavy atom. The van der Waals surface area contributed by atoms with Crippen LogP contribution in [0.4, 0.5) is 5.69 Å². The average molecular weight is 337 g/mol. The molecule has 0 saturated carbocycles. The number of aromatic nitrogens is 1. The van der Waals surface area contributed by atoms with E-state index in [4.69, 9.17) is 9.83 Å². The second kappa shape index (κ2) is 6.86. The molecule has 6 heteroatoms. The van der Waals surface area contributed by atoms with Crippen molar-refractivity contribution in [1.29, 1.82) is 5.41 Å². The van der Waals surface area contributed by atoms with Gasteiger partial charge in [-0.1, -0.05) is 25.1 Å². The number of nitrogens with one attached hydrogen (secondary N) is 2. The zero-order valence-electron chi connectivity index (χ0n) is 14.1. The Morgan fingerprint density at radius 3 is 2.80 bits per heavy atom. The maximum absolute atomic E-state index is 12.7. The molecule has 0 unspecified atom stereocenters. The topological polar surface area (TPSA) is 99.2 Å². The lowest BCUT2D eigenvalue weighted by atomic mass is 10.1. The van der Waals surface area contributed by atoms with Crippen LogP contribution < -0.4 is 10.9 Å². The summed E-state index contributed by atoms with van der Waals surface area (Å²) in [5, 5.41) is 21.0. The standard InChI is InChI=1S/C19H19N3O3/c1-3-12-6-4-5-7-16(12)22-19(24)15-8-14-13(10-23)9-21-11(2)17(14)25-18(15)20/h4-9,20,23H,3,10H2,1-2H3,(H,22,24). The van der Waals surface area contributed by atoms with E-state index >= 15 is 0 Å². The van der Waals surface area contributed by atoms with Crippen LogP contribution in [0, 0.1) is 12.3 Å². The van der Waals surface area contributed by atoms with Crippen LogP contribution in [-0.4, -0.2) is 16.0 Å². The molecule has 3 N–H and O–H groups in total. The van der Waals surface area contributed by atoms with Crippen LogP contribution in [0.3, 0.4) is 0 Å². The lowest BCUT2D eigenvalue weighted by molar-refractivity contribution is 0.102. The summed E-state index contributed by atoms with van der Waals surface area (Å²) >= 11 is 0. The first kappa shape index (κ1) is 16.9. The molecular formula is C19H19N3O3. The number of fused-ring (bicyclic) bond motifs is 1. The monoisotopic (exact) mass is 337 g/mol. The van der Waals surface area contributed by atoms with Gasteiger partial charge in [0.2, 0.25) is 5.55 Å². The van der Waals surface area contributed by atoms with E-state index in [0.29, 0.717) is 27.9 Å². The molecule has 0 radical (unpaired) electrons. The van der Waals surface area contributed by atoms with Crippen LogP contribution >= 0.6 is 0 Å². The van der Waals surface area contributed by atoms with E-state index < -0.39 is 5.91 Å². The van der Waals surface area contributed by atoms with E-state index in [1.807, 2.05) is 31.2 Å². The van der Waals surface area contributed by atoms with Gasteiger partial charge >= 0.3 is 0 Å². The van der Waals surface area contributed by atoms with Gasteiger partial charge in [0, 0.05) is 22.8 Å². The third kappa shape index (κ3) is 3.16. The Balaban J connectivity index is 2.07. The van der Waals surface area contributed by atoms with E-state index in [2.05, 4.69) is 10.3 Å². The molecule has 2 aromatic heterocycles. The van der Waals surface area contributed by atoms with Gasteiger partial charge in [0.05, 0.1) is 12.3 Å². The van der Waals surface area contributed by atoms with Gasteiger partial charge in [-0.25, -0.2) is 0 Å². The number of carbonyl (C=O) groups is 1. The number of amides is 1. The fourth-order valence-electron chi connectivity index (χ4n) is 2.73. The minimum Gasteiger partial charge on any atom is -0.436 e. The number of nitrogens with zero attached hydrogens (tertiary/aromatic N) is 1. The fraction of sp³-hybridized carbons (Fsp3) is 0.211. The molecule has 0 bridgehead atoms. The van der Waals surface area contributed by atoms with Crippen LogP contribution in [0.5, 0.6) is 0 Å². The number of carbonyl (C=O) groups excluding carboxylic acids is 1.